The largest absolute Gasteiger partial charge is 0.497 e. The first-order chi connectivity index (χ1) is 14.4. The molecular weight excluding hydrogens is 378 g/mol. The first kappa shape index (κ1) is 21.4. The van der Waals surface area contributed by atoms with Crippen LogP contribution < -0.4 is 14.4 Å². The van der Waals surface area contributed by atoms with Gasteiger partial charge < -0.3 is 19.8 Å². The molecule has 4 atom stereocenters. The van der Waals surface area contributed by atoms with Crippen LogP contribution in [0.2, 0.25) is 0 Å². The zero-order chi connectivity index (χ0) is 22.1. The molecule has 0 spiro atoms. The smallest absolute Gasteiger partial charge is 0.203 e. The predicted molar refractivity (Wildman–Crippen MR) is 110 cm³/mol. The summed E-state index contributed by atoms with van der Waals surface area (Å²) < 4.78 is 10.9. The minimum absolute atomic E-state index is 0.145. The van der Waals surface area contributed by atoms with Crippen LogP contribution in [0.3, 0.4) is 0 Å². The van der Waals surface area contributed by atoms with Crippen molar-refractivity contribution in [3.05, 3.63) is 35.4 Å². The molecule has 1 saturated carbocycles. The van der Waals surface area contributed by atoms with Crippen LogP contribution in [0.25, 0.3) is 0 Å². The number of nitrogens with zero attached hydrogens (tertiary/aromatic N) is 3. The third-order valence-electron chi connectivity index (χ3n) is 6.50. The van der Waals surface area contributed by atoms with Gasteiger partial charge in [-0.1, -0.05) is 6.07 Å². The molecule has 1 aliphatic carbocycles. The Morgan fingerprint density at radius 3 is 2.40 bits per heavy atom. The summed E-state index contributed by atoms with van der Waals surface area (Å²) in [4.78, 5) is 1.32. The zero-order valence-electron chi connectivity index (χ0n) is 17.7. The van der Waals surface area contributed by atoms with Crippen molar-refractivity contribution in [2.24, 2.45) is 17.3 Å². The number of nitrogens with one attached hydrogen (secondary N) is 2. The van der Waals surface area contributed by atoms with Gasteiger partial charge in [0.25, 0.3) is 0 Å². The van der Waals surface area contributed by atoms with E-state index >= 15 is 0 Å². The van der Waals surface area contributed by atoms with Gasteiger partial charge in [0.15, 0.2) is 0 Å². The molecule has 0 saturated heterocycles. The molecule has 7 heteroatoms. The van der Waals surface area contributed by atoms with E-state index in [9.17, 15) is 15.8 Å². The summed E-state index contributed by atoms with van der Waals surface area (Å²) in [6.07, 6.45) is 1.95. The maximum absolute atomic E-state index is 10.0. The van der Waals surface area contributed by atoms with Crippen molar-refractivity contribution < 1.29 is 14.4 Å². The Bertz CT molecular complexity index is 994. The van der Waals surface area contributed by atoms with Crippen LogP contribution in [0.4, 0.5) is 0 Å². The fourth-order valence-electron chi connectivity index (χ4n) is 4.80. The van der Waals surface area contributed by atoms with E-state index in [-0.39, 0.29) is 11.6 Å². The van der Waals surface area contributed by atoms with Crippen LogP contribution in [-0.4, -0.2) is 39.1 Å². The molecule has 1 aliphatic heterocycles. The lowest BCUT2D eigenvalue weighted by atomic mass is 9.55. The Morgan fingerprint density at radius 1 is 1.17 bits per heavy atom. The summed E-state index contributed by atoms with van der Waals surface area (Å²) in [6, 6.07) is 12.2. The summed E-state index contributed by atoms with van der Waals surface area (Å²) in [6.45, 7) is 5.63. The SMILES string of the molecule is COc1ccc([C@H]2[C@@H]3C[NH+](C(C)C)CC=C3C(C#N)(C#N)C(=N)[C@@H]2C#N)c(OC)c1. The van der Waals surface area contributed by atoms with Crippen LogP contribution in [-0.2, 0) is 0 Å². The normalized spacial score (nSPS) is 27.1. The number of fused-ring (bicyclic) bond motifs is 1. The van der Waals surface area contributed by atoms with E-state index in [1.807, 2.05) is 18.2 Å². The van der Waals surface area contributed by atoms with Gasteiger partial charge in [0.05, 0.1) is 63.2 Å². The van der Waals surface area contributed by atoms with Crippen molar-refractivity contribution in [3.63, 3.8) is 0 Å². The summed E-state index contributed by atoms with van der Waals surface area (Å²) in [7, 11) is 3.13. The van der Waals surface area contributed by atoms with Crippen LogP contribution >= 0.6 is 0 Å². The van der Waals surface area contributed by atoms with E-state index in [1.165, 1.54) is 4.90 Å². The molecule has 0 aromatic heterocycles. The van der Waals surface area contributed by atoms with Crippen molar-refractivity contribution in [1.29, 1.82) is 21.2 Å². The molecule has 2 N–H and O–H groups in total. The van der Waals surface area contributed by atoms with Gasteiger partial charge in [0.2, 0.25) is 5.41 Å². The number of hydrogen-bond acceptors (Lipinski definition) is 6. The molecule has 1 heterocycles. The molecule has 1 unspecified atom stereocenters. The number of rotatable bonds is 4. The van der Waals surface area contributed by atoms with Crippen LogP contribution in [0.1, 0.15) is 25.3 Å². The summed E-state index contributed by atoms with van der Waals surface area (Å²) in [5.74, 6) is -0.313. The lowest BCUT2D eigenvalue weighted by Crippen LogP contribution is -3.16. The van der Waals surface area contributed by atoms with Gasteiger partial charge >= 0.3 is 0 Å². The number of benzene rings is 1. The highest BCUT2D eigenvalue weighted by Crippen LogP contribution is 2.52. The van der Waals surface area contributed by atoms with Gasteiger partial charge in [-0.3, -0.25) is 0 Å². The highest BCUT2D eigenvalue weighted by atomic mass is 16.5. The maximum Gasteiger partial charge on any atom is 0.203 e. The molecule has 0 bridgehead atoms. The van der Waals surface area contributed by atoms with E-state index in [0.29, 0.717) is 36.2 Å². The molecule has 0 amide bonds. The first-order valence-corrected chi connectivity index (χ1v) is 9.96. The monoisotopic (exact) mass is 404 g/mol. The molecule has 154 valence electrons. The molecule has 2 aliphatic rings. The van der Waals surface area contributed by atoms with Crippen LogP contribution in [0, 0.1) is 56.7 Å². The topological polar surface area (TPSA) is 118 Å². The Balaban J connectivity index is 2.25. The number of nitriles is 3. The average molecular weight is 404 g/mol. The zero-order valence-corrected chi connectivity index (χ0v) is 17.7. The van der Waals surface area contributed by atoms with E-state index in [2.05, 4.69) is 32.1 Å². The number of quaternary nitrogens is 1. The third-order valence-corrected chi connectivity index (χ3v) is 6.50. The van der Waals surface area contributed by atoms with Crippen molar-refractivity contribution in [2.45, 2.75) is 25.8 Å². The van der Waals surface area contributed by atoms with Gasteiger partial charge in [0.1, 0.15) is 11.5 Å². The van der Waals surface area contributed by atoms with Gasteiger partial charge in [-0.15, -0.1) is 0 Å². The van der Waals surface area contributed by atoms with Crippen molar-refractivity contribution in [1.82, 2.24) is 0 Å². The first-order valence-electron chi connectivity index (χ1n) is 9.96. The fraction of sp³-hybridized carbons (Fsp3) is 0.478. The van der Waals surface area contributed by atoms with Gasteiger partial charge in [-0.05, 0) is 37.1 Å². The maximum atomic E-state index is 10.0. The summed E-state index contributed by atoms with van der Waals surface area (Å²) in [5, 5.41) is 38.7. The van der Waals surface area contributed by atoms with Gasteiger partial charge in [0, 0.05) is 17.9 Å². The second-order valence-corrected chi connectivity index (χ2v) is 8.11. The minimum Gasteiger partial charge on any atom is -0.497 e. The van der Waals surface area contributed by atoms with Crippen molar-refractivity contribution >= 4 is 5.71 Å². The lowest BCUT2D eigenvalue weighted by Gasteiger charge is -2.46. The quantitative estimate of drug-likeness (QED) is 0.743. The second-order valence-electron chi connectivity index (χ2n) is 8.11. The van der Waals surface area contributed by atoms with Gasteiger partial charge in [-0.2, -0.15) is 15.8 Å². The lowest BCUT2D eigenvalue weighted by molar-refractivity contribution is -0.920. The molecule has 1 aromatic carbocycles. The number of ether oxygens (including phenoxy) is 2. The number of hydrogen-bond donors (Lipinski definition) is 2. The second kappa shape index (κ2) is 8.19. The molecule has 1 fully saturated rings. The summed E-state index contributed by atoms with van der Waals surface area (Å²) in [5.41, 5.74) is -0.395. The van der Waals surface area contributed by atoms with Crippen molar-refractivity contribution in [3.8, 4) is 29.7 Å². The van der Waals surface area contributed by atoms with E-state index < -0.39 is 17.3 Å². The van der Waals surface area contributed by atoms with Gasteiger partial charge in [-0.25, -0.2) is 0 Å². The molecule has 3 rings (SSSR count). The molecular formula is C23H26N5O2+. The third kappa shape index (κ3) is 3.11. The van der Waals surface area contributed by atoms with Crippen LogP contribution in [0.5, 0.6) is 11.5 Å². The van der Waals surface area contributed by atoms with E-state index in [1.54, 1.807) is 20.3 Å². The minimum atomic E-state index is -1.69. The highest BCUT2D eigenvalue weighted by Gasteiger charge is 2.58. The Hall–Kier alpha value is -3.34. The standard InChI is InChI=1S/C23H25N5O2/c1-14(2)28-8-7-19-18(11-28)21(16-6-5-15(29-3)9-20(16)30-4)17(10-24)22(27)23(19,12-25)13-26/h5-7,9,14,17-18,21,27H,8,11H2,1-4H3/p+1/t17-,18-,21-/m1/s1. The molecule has 30 heavy (non-hydrogen) atoms. The Labute approximate surface area is 177 Å². The van der Waals surface area contributed by atoms with Crippen molar-refractivity contribution in [2.75, 3.05) is 27.3 Å². The average Bonchev–Trinajstić information content (AvgIpc) is 2.78. The highest BCUT2D eigenvalue weighted by molar-refractivity contribution is 6.01. The number of methoxy groups -OCH3 is 2. The summed E-state index contributed by atoms with van der Waals surface area (Å²) >= 11 is 0. The van der Waals surface area contributed by atoms with E-state index in [0.717, 1.165) is 5.56 Å². The van der Waals surface area contributed by atoms with Crippen LogP contribution in [0.15, 0.2) is 29.8 Å². The Kier molecular flexibility index (Phi) is 5.83. The predicted octanol–water partition coefficient (Wildman–Crippen LogP) is 1.84. The Morgan fingerprint density at radius 2 is 1.87 bits per heavy atom. The molecule has 0 radical (unpaired) electrons. The molecule has 1 aromatic rings. The van der Waals surface area contributed by atoms with E-state index in [4.69, 9.17) is 14.9 Å². The fourth-order valence-corrected chi connectivity index (χ4v) is 4.80. The molecule has 7 nitrogen and oxygen atoms in total.